The Morgan fingerprint density at radius 2 is 1.85 bits per heavy atom. The van der Waals surface area contributed by atoms with Crippen molar-refractivity contribution in [3.63, 3.8) is 0 Å². The molecule has 0 radical (unpaired) electrons. The molecule has 3 fully saturated rings. The fraction of sp³-hybridized carbons (Fsp3) is 0.500. The van der Waals surface area contributed by atoms with Gasteiger partial charge in [-0.25, -0.2) is 4.39 Å². The molecular formula is C36H41ClFN7O2. The highest BCUT2D eigenvalue weighted by molar-refractivity contribution is 6.36. The van der Waals surface area contributed by atoms with Gasteiger partial charge in [0.15, 0.2) is 5.83 Å². The quantitative estimate of drug-likeness (QED) is 0.263. The van der Waals surface area contributed by atoms with Crippen molar-refractivity contribution in [2.45, 2.75) is 57.5 Å². The van der Waals surface area contributed by atoms with Crippen LogP contribution < -0.4 is 14.5 Å². The number of fused-ring (bicyclic) bond motifs is 2. The molecule has 1 amide bonds. The molecule has 9 nitrogen and oxygen atoms in total. The number of piperidine rings is 1. The summed E-state index contributed by atoms with van der Waals surface area (Å²) in [4.78, 5) is 31.1. The number of aromatic nitrogens is 2. The number of amides is 1. The van der Waals surface area contributed by atoms with Crippen LogP contribution in [0.3, 0.4) is 0 Å². The summed E-state index contributed by atoms with van der Waals surface area (Å²) in [5.41, 5.74) is 3.14. The van der Waals surface area contributed by atoms with E-state index in [1.54, 1.807) is 0 Å². The summed E-state index contributed by atoms with van der Waals surface area (Å²) in [5.74, 6) is -0.995. The molecule has 1 aromatic heterocycles. The maximum absolute atomic E-state index is 13.9. The topological polar surface area (TPSA) is 88.8 Å². The number of nitrogens with zero attached hydrogens (tertiary/aromatic N) is 7. The number of anilines is 2. The Bertz CT molecular complexity index is 1710. The number of carbonyl (C=O) groups is 1. The average Bonchev–Trinajstić information content (AvgIpc) is 3.86. The number of hydrogen-bond acceptors (Lipinski definition) is 8. The van der Waals surface area contributed by atoms with E-state index >= 15 is 0 Å². The largest absolute Gasteiger partial charge is 0.463 e. The molecule has 4 heterocycles. The number of piperazine rings is 1. The SMILES string of the molecule is C=C(F)C(=O)N1CCN(c2nc(OCC3(CN4CCCCC4)CC3)nc3c2CCN(c2cccc4cccc(Cl)c24)C3)CC1CC#N. The summed E-state index contributed by atoms with van der Waals surface area (Å²) in [6, 6.07) is 14.3. The molecule has 1 atom stereocenters. The Morgan fingerprint density at radius 3 is 2.60 bits per heavy atom. The molecule has 1 aliphatic carbocycles. The molecule has 3 aromatic rings. The minimum atomic E-state index is -1.01. The van der Waals surface area contributed by atoms with E-state index in [0.717, 1.165) is 72.6 Å². The molecule has 47 heavy (non-hydrogen) atoms. The van der Waals surface area contributed by atoms with Crippen LogP contribution >= 0.6 is 11.6 Å². The highest BCUT2D eigenvalue weighted by Crippen LogP contribution is 2.47. The first kappa shape index (κ1) is 31.6. The van der Waals surface area contributed by atoms with E-state index < -0.39 is 17.8 Å². The van der Waals surface area contributed by atoms with Gasteiger partial charge in [0.05, 0.1) is 42.4 Å². The molecule has 11 heteroatoms. The third kappa shape index (κ3) is 6.61. The molecular weight excluding hydrogens is 617 g/mol. The Morgan fingerprint density at radius 1 is 1.06 bits per heavy atom. The van der Waals surface area contributed by atoms with E-state index in [0.29, 0.717) is 43.7 Å². The van der Waals surface area contributed by atoms with Crippen LogP contribution in [-0.2, 0) is 17.8 Å². The summed E-state index contributed by atoms with van der Waals surface area (Å²) < 4.78 is 20.4. The fourth-order valence-corrected chi connectivity index (χ4v) is 7.82. The summed E-state index contributed by atoms with van der Waals surface area (Å²) in [6.45, 7) is 9.51. The highest BCUT2D eigenvalue weighted by Gasteiger charge is 2.45. The number of halogens is 2. The van der Waals surface area contributed by atoms with E-state index in [2.05, 4.69) is 51.6 Å². The van der Waals surface area contributed by atoms with Gasteiger partial charge < -0.3 is 24.3 Å². The van der Waals surface area contributed by atoms with Crippen LogP contribution in [0.5, 0.6) is 6.01 Å². The number of likely N-dealkylation sites (tertiary alicyclic amines) is 1. The molecule has 1 unspecified atom stereocenters. The molecule has 0 spiro atoms. The predicted octanol–water partition coefficient (Wildman–Crippen LogP) is 5.90. The molecule has 2 aromatic carbocycles. The van der Waals surface area contributed by atoms with Crippen LogP contribution in [0, 0.1) is 16.7 Å². The van der Waals surface area contributed by atoms with Crippen molar-refractivity contribution in [1.29, 1.82) is 5.26 Å². The molecule has 1 saturated carbocycles. The second-order valence-corrected chi connectivity index (χ2v) is 13.9. The number of carbonyl (C=O) groups excluding carboxylic acids is 1. The lowest BCUT2D eigenvalue weighted by atomic mass is 10.0. The Labute approximate surface area is 280 Å². The monoisotopic (exact) mass is 657 g/mol. The molecule has 246 valence electrons. The maximum Gasteiger partial charge on any atom is 0.318 e. The highest BCUT2D eigenvalue weighted by atomic mass is 35.5. The van der Waals surface area contributed by atoms with Gasteiger partial charge in [-0.05, 0) is 62.7 Å². The molecule has 4 aliphatic rings. The van der Waals surface area contributed by atoms with Crippen LogP contribution in [0.2, 0.25) is 5.02 Å². The lowest BCUT2D eigenvalue weighted by molar-refractivity contribution is -0.131. The van der Waals surface area contributed by atoms with Crippen molar-refractivity contribution in [1.82, 2.24) is 19.8 Å². The normalized spacial score (nSPS) is 20.9. The summed E-state index contributed by atoms with van der Waals surface area (Å²) in [5, 5.41) is 12.4. The molecule has 3 aliphatic heterocycles. The van der Waals surface area contributed by atoms with Gasteiger partial charge in [0.25, 0.3) is 5.91 Å². The first-order valence-electron chi connectivity index (χ1n) is 16.8. The molecule has 0 N–H and O–H groups in total. The van der Waals surface area contributed by atoms with Crippen molar-refractivity contribution in [3.05, 3.63) is 65.1 Å². The lowest BCUT2D eigenvalue weighted by Gasteiger charge is -2.42. The van der Waals surface area contributed by atoms with Gasteiger partial charge in [-0.3, -0.25) is 4.79 Å². The molecule has 7 rings (SSSR count). The van der Waals surface area contributed by atoms with Crippen molar-refractivity contribution in [2.75, 3.05) is 62.2 Å². The zero-order chi connectivity index (χ0) is 32.5. The van der Waals surface area contributed by atoms with Crippen molar-refractivity contribution in [3.8, 4) is 12.1 Å². The Balaban J connectivity index is 1.19. The van der Waals surface area contributed by atoms with E-state index in [-0.39, 0.29) is 18.4 Å². The van der Waals surface area contributed by atoms with Crippen LogP contribution in [0.1, 0.15) is 49.8 Å². The number of benzene rings is 2. The summed E-state index contributed by atoms with van der Waals surface area (Å²) in [6.07, 6.45) is 6.91. The zero-order valence-corrected chi connectivity index (χ0v) is 27.5. The van der Waals surface area contributed by atoms with Gasteiger partial charge in [-0.2, -0.15) is 15.2 Å². The average molecular weight is 658 g/mol. The summed E-state index contributed by atoms with van der Waals surface area (Å²) >= 11 is 6.72. The number of rotatable bonds is 9. The standard InChI is InChI=1S/C36H41ClFN7O2/c1-25(38)34(46)45-20-19-44(21-27(45)11-15-39)33-28-12-18-43(31-10-6-8-26-7-5-9-29(37)32(26)31)22-30(28)40-35(41-33)47-24-36(13-14-36)23-42-16-3-2-4-17-42/h5-10,27H,1-4,11-14,16-24H2. The van der Waals surface area contributed by atoms with Gasteiger partial charge in [-0.1, -0.05) is 48.9 Å². The second kappa shape index (κ2) is 13.3. The predicted molar refractivity (Wildman–Crippen MR) is 181 cm³/mol. The van der Waals surface area contributed by atoms with Gasteiger partial charge in [-0.15, -0.1) is 0 Å². The zero-order valence-electron chi connectivity index (χ0n) is 26.8. The Kier molecular flexibility index (Phi) is 8.95. The third-order valence-corrected chi connectivity index (χ3v) is 10.6. The van der Waals surface area contributed by atoms with Crippen molar-refractivity contribution < 1.29 is 13.9 Å². The number of hydrogen-bond donors (Lipinski definition) is 0. The first-order chi connectivity index (χ1) is 22.8. The van der Waals surface area contributed by atoms with E-state index in [1.807, 2.05) is 12.1 Å². The number of ether oxygens (including phenoxy) is 1. The smallest absolute Gasteiger partial charge is 0.318 e. The summed E-state index contributed by atoms with van der Waals surface area (Å²) in [7, 11) is 0. The van der Waals surface area contributed by atoms with Gasteiger partial charge in [0.2, 0.25) is 0 Å². The van der Waals surface area contributed by atoms with E-state index in [4.69, 9.17) is 26.3 Å². The van der Waals surface area contributed by atoms with Crippen molar-refractivity contribution >= 4 is 39.8 Å². The number of nitriles is 1. The third-order valence-electron chi connectivity index (χ3n) is 10.3. The van der Waals surface area contributed by atoms with Crippen LogP contribution in [0.25, 0.3) is 10.8 Å². The van der Waals surface area contributed by atoms with E-state index in [9.17, 15) is 14.4 Å². The molecule has 2 saturated heterocycles. The van der Waals surface area contributed by atoms with Crippen molar-refractivity contribution in [2.24, 2.45) is 5.41 Å². The second-order valence-electron chi connectivity index (χ2n) is 13.5. The van der Waals surface area contributed by atoms with Crippen LogP contribution in [0.4, 0.5) is 15.9 Å². The molecule has 0 bridgehead atoms. The van der Waals surface area contributed by atoms with Gasteiger partial charge in [0.1, 0.15) is 5.82 Å². The lowest BCUT2D eigenvalue weighted by Crippen LogP contribution is -2.55. The van der Waals surface area contributed by atoms with Crippen LogP contribution in [-0.4, -0.2) is 84.1 Å². The first-order valence-corrected chi connectivity index (χ1v) is 17.2. The van der Waals surface area contributed by atoms with Gasteiger partial charge in [0, 0.05) is 54.8 Å². The minimum absolute atomic E-state index is 0.0841. The van der Waals surface area contributed by atoms with Gasteiger partial charge >= 0.3 is 6.01 Å². The van der Waals surface area contributed by atoms with E-state index in [1.165, 1.54) is 24.2 Å². The fourth-order valence-electron chi connectivity index (χ4n) is 7.55. The minimum Gasteiger partial charge on any atom is -0.463 e. The van der Waals surface area contributed by atoms with Crippen LogP contribution in [0.15, 0.2) is 48.8 Å². The Hall–Kier alpha value is -3.94. The maximum atomic E-state index is 13.9.